The summed E-state index contributed by atoms with van der Waals surface area (Å²) in [5, 5.41) is 6.25. The van der Waals surface area contributed by atoms with Crippen LogP contribution in [0.1, 0.15) is 18.4 Å². The van der Waals surface area contributed by atoms with Gasteiger partial charge < -0.3 is 10.6 Å². The van der Waals surface area contributed by atoms with Crippen molar-refractivity contribution in [3.63, 3.8) is 0 Å². The summed E-state index contributed by atoms with van der Waals surface area (Å²) in [4.78, 5) is 8.12. The number of halogens is 4. The van der Waals surface area contributed by atoms with Gasteiger partial charge in [0.15, 0.2) is 5.96 Å². The molecule has 2 rings (SSSR count). The zero-order valence-corrected chi connectivity index (χ0v) is 17.9. The number of nitrogens with one attached hydrogen (secondary N) is 2. The van der Waals surface area contributed by atoms with Crippen LogP contribution in [0.15, 0.2) is 29.5 Å². The normalized spacial score (nSPS) is 17.3. The van der Waals surface area contributed by atoms with Gasteiger partial charge in [-0.3, -0.25) is 9.98 Å². The quantitative estimate of drug-likeness (QED) is 0.350. The van der Waals surface area contributed by atoms with Crippen molar-refractivity contribution in [2.45, 2.75) is 30.8 Å². The number of alkyl halides is 3. The van der Waals surface area contributed by atoms with E-state index in [0.717, 1.165) is 12.0 Å². The van der Waals surface area contributed by atoms with Gasteiger partial charge in [-0.05, 0) is 30.9 Å². The maximum absolute atomic E-state index is 12.6. The summed E-state index contributed by atoms with van der Waals surface area (Å²) in [7, 11) is -3.65. The van der Waals surface area contributed by atoms with E-state index in [9.17, 15) is 21.6 Å². The van der Waals surface area contributed by atoms with Crippen LogP contribution in [-0.2, 0) is 16.4 Å². The molecule has 0 spiro atoms. The Morgan fingerprint density at radius 3 is 2.56 bits per heavy atom. The Kier molecular flexibility index (Phi) is 9.21. The second-order valence-electron chi connectivity index (χ2n) is 5.88. The van der Waals surface area contributed by atoms with Crippen LogP contribution in [0.3, 0.4) is 0 Å². The summed E-state index contributed by atoms with van der Waals surface area (Å²) >= 11 is 0. The van der Waals surface area contributed by atoms with E-state index in [2.05, 4.69) is 20.6 Å². The Bertz CT molecular complexity index is 708. The van der Waals surface area contributed by atoms with Crippen LogP contribution < -0.4 is 10.6 Å². The first-order chi connectivity index (χ1) is 12.2. The number of aromatic nitrogens is 1. The number of guanidine groups is 1. The predicted octanol–water partition coefficient (Wildman–Crippen LogP) is 1.72. The number of nitrogens with zero attached hydrogens (tertiary/aromatic N) is 3. The van der Waals surface area contributed by atoms with E-state index in [1.807, 2.05) is 12.1 Å². The van der Waals surface area contributed by atoms with Crippen LogP contribution in [0.25, 0.3) is 0 Å². The number of pyridine rings is 1. The monoisotopic (exact) mass is 521 g/mol. The average molecular weight is 521 g/mol. The van der Waals surface area contributed by atoms with Gasteiger partial charge in [0.25, 0.3) is 0 Å². The highest BCUT2D eigenvalue weighted by atomic mass is 127. The van der Waals surface area contributed by atoms with Gasteiger partial charge in [-0.2, -0.15) is 17.5 Å². The molecule has 1 aliphatic rings. The minimum atomic E-state index is -5.25. The van der Waals surface area contributed by atoms with E-state index in [1.165, 1.54) is 0 Å². The van der Waals surface area contributed by atoms with Crippen molar-refractivity contribution in [3.05, 3.63) is 30.1 Å². The summed E-state index contributed by atoms with van der Waals surface area (Å²) in [5.41, 5.74) is -4.18. The Morgan fingerprint density at radius 2 is 2.04 bits per heavy atom. The highest BCUT2D eigenvalue weighted by Crippen LogP contribution is 2.28. The predicted molar refractivity (Wildman–Crippen MR) is 107 cm³/mol. The molecule has 0 unspecified atom stereocenters. The molecule has 1 fully saturated rings. The third-order valence-electron chi connectivity index (χ3n) is 4.08. The maximum Gasteiger partial charge on any atom is 0.511 e. The van der Waals surface area contributed by atoms with Crippen LogP contribution in [0.4, 0.5) is 13.2 Å². The summed E-state index contributed by atoms with van der Waals surface area (Å²) in [6.07, 6.45) is 4.77. The van der Waals surface area contributed by atoms with Gasteiger partial charge in [0, 0.05) is 45.1 Å². The number of hydrogen-bond donors (Lipinski definition) is 2. The minimum absolute atomic E-state index is 0. The van der Waals surface area contributed by atoms with Crippen LogP contribution in [0.5, 0.6) is 0 Å². The van der Waals surface area contributed by atoms with Gasteiger partial charge in [0.1, 0.15) is 0 Å². The molecule has 154 valence electrons. The molecule has 2 heterocycles. The average Bonchev–Trinajstić information content (AvgIpc) is 2.61. The maximum atomic E-state index is 12.6. The largest absolute Gasteiger partial charge is 0.511 e. The van der Waals surface area contributed by atoms with Gasteiger partial charge in [0.05, 0.1) is 0 Å². The SMILES string of the molecule is CN=C(NCCc1cccnc1)NC1CCN(S(=O)(=O)C(F)(F)F)CC1.I. The van der Waals surface area contributed by atoms with Crippen LogP contribution >= 0.6 is 24.0 Å². The van der Waals surface area contributed by atoms with E-state index in [0.29, 0.717) is 16.8 Å². The molecule has 1 aliphatic heterocycles. The first-order valence-electron chi connectivity index (χ1n) is 8.16. The molecule has 1 aromatic heterocycles. The summed E-state index contributed by atoms with van der Waals surface area (Å²) in [6.45, 7) is 0.269. The molecular formula is C15H23F3IN5O2S. The Balaban J connectivity index is 0.00000364. The lowest BCUT2D eigenvalue weighted by Crippen LogP contribution is -2.51. The third-order valence-corrected chi connectivity index (χ3v) is 5.71. The third kappa shape index (κ3) is 6.75. The number of rotatable bonds is 5. The van der Waals surface area contributed by atoms with Gasteiger partial charge in [-0.15, -0.1) is 24.0 Å². The van der Waals surface area contributed by atoms with Crippen molar-refractivity contribution in [2.24, 2.45) is 4.99 Å². The number of sulfonamides is 1. The van der Waals surface area contributed by atoms with E-state index >= 15 is 0 Å². The van der Waals surface area contributed by atoms with E-state index in [-0.39, 0.29) is 55.9 Å². The van der Waals surface area contributed by atoms with E-state index in [4.69, 9.17) is 0 Å². The zero-order chi connectivity index (χ0) is 19.2. The molecule has 1 aromatic rings. The molecule has 0 radical (unpaired) electrons. The number of hydrogen-bond acceptors (Lipinski definition) is 4. The Labute approximate surface area is 173 Å². The summed E-state index contributed by atoms with van der Waals surface area (Å²) in [5.74, 6) is 0.533. The molecule has 0 bridgehead atoms. The second-order valence-corrected chi connectivity index (χ2v) is 7.81. The minimum Gasteiger partial charge on any atom is -0.356 e. The fourth-order valence-electron chi connectivity index (χ4n) is 2.65. The van der Waals surface area contributed by atoms with E-state index in [1.54, 1.807) is 19.4 Å². The van der Waals surface area contributed by atoms with Crippen LogP contribution in [0.2, 0.25) is 0 Å². The van der Waals surface area contributed by atoms with Gasteiger partial charge >= 0.3 is 15.5 Å². The second kappa shape index (κ2) is 10.4. The van der Waals surface area contributed by atoms with E-state index < -0.39 is 15.5 Å². The summed E-state index contributed by atoms with van der Waals surface area (Å²) in [6, 6.07) is 3.67. The topological polar surface area (TPSA) is 86.7 Å². The van der Waals surface area contributed by atoms with Crippen LogP contribution in [0, 0.1) is 0 Å². The fraction of sp³-hybridized carbons (Fsp3) is 0.600. The van der Waals surface area contributed by atoms with Crippen molar-refractivity contribution in [3.8, 4) is 0 Å². The Morgan fingerprint density at radius 1 is 1.37 bits per heavy atom. The van der Waals surface area contributed by atoms with Gasteiger partial charge in [0.2, 0.25) is 0 Å². The highest BCUT2D eigenvalue weighted by molar-refractivity contribution is 14.0. The number of piperidine rings is 1. The summed E-state index contributed by atoms with van der Waals surface area (Å²) < 4.78 is 61.0. The lowest BCUT2D eigenvalue weighted by Gasteiger charge is -2.32. The molecule has 0 amide bonds. The zero-order valence-electron chi connectivity index (χ0n) is 14.7. The van der Waals surface area contributed by atoms with Gasteiger partial charge in [-0.25, -0.2) is 8.42 Å². The van der Waals surface area contributed by atoms with Gasteiger partial charge in [-0.1, -0.05) is 6.07 Å². The standard InChI is InChI=1S/C15H22F3N5O2S.HI/c1-19-14(21-8-4-12-3-2-7-20-11-12)22-13-5-9-23(10-6-13)26(24,25)15(16,17)18;/h2-3,7,11,13H,4-6,8-10H2,1H3,(H2,19,21,22);1H. The van der Waals surface area contributed by atoms with Crippen LogP contribution in [-0.4, -0.2) is 61.9 Å². The molecule has 0 saturated carbocycles. The highest BCUT2D eigenvalue weighted by Gasteiger charge is 2.50. The molecule has 0 aromatic carbocycles. The van der Waals surface area contributed by atoms with Crippen molar-refractivity contribution in [1.82, 2.24) is 19.9 Å². The first-order valence-corrected chi connectivity index (χ1v) is 9.60. The molecule has 27 heavy (non-hydrogen) atoms. The van der Waals surface area contributed by atoms with Crippen molar-refractivity contribution < 1.29 is 21.6 Å². The fourth-order valence-corrected chi connectivity index (χ4v) is 3.63. The molecule has 7 nitrogen and oxygen atoms in total. The molecule has 0 aliphatic carbocycles. The Hall–Kier alpha value is -1.15. The van der Waals surface area contributed by atoms with Crippen molar-refractivity contribution >= 4 is 40.0 Å². The number of aliphatic imine (C=N–C) groups is 1. The molecule has 12 heteroatoms. The lowest BCUT2D eigenvalue weighted by molar-refractivity contribution is -0.0494. The lowest BCUT2D eigenvalue weighted by atomic mass is 10.1. The van der Waals surface area contributed by atoms with Crippen molar-refractivity contribution in [2.75, 3.05) is 26.7 Å². The molecular weight excluding hydrogens is 498 g/mol. The molecule has 1 saturated heterocycles. The molecule has 2 N–H and O–H groups in total. The smallest absolute Gasteiger partial charge is 0.356 e. The van der Waals surface area contributed by atoms with Crippen molar-refractivity contribution in [1.29, 1.82) is 0 Å². The first kappa shape index (κ1) is 23.9. The molecule has 0 atom stereocenters.